The summed E-state index contributed by atoms with van der Waals surface area (Å²) < 4.78 is 27.9. The van der Waals surface area contributed by atoms with Crippen LogP contribution in [0.4, 0.5) is 4.39 Å². The molecule has 0 fully saturated rings. The molecule has 12 heavy (non-hydrogen) atoms. The monoisotopic (exact) mass is 196 g/mol. The minimum atomic E-state index is -2.69. The number of hydrogen-bond donors (Lipinski definition) is 0. The van der Waals surface area contributed by atoms with Gasteiger partial charge in [0, 0.05) is 19.8 Å². The summed E-state index contributed by atoms with van der Waals surface area (Å²) in [5.41, 5.74) is 0. The van der Waals surface area contributed by atoms with E-state index in [4.69, 9.17) is 13.3 Å². The second-order valence-corrected chi connectivity index (χ2v) is 4.93. The summed E-state index contributed by atoms with van der Waals surface area (Å²) in [6, 6.07) is 0. The summed E-state index contributed by atoms with van der Waals surface area (Å²) in [4.78, 5) is 0. The molecule has 0 N–H and O–H groups in total. The van der Waals surface area contributed by atoms with Crippen LogP contribution in [0.25, 0.3) is 0 Å². The van der Waals surface area contributed by atoms with E-state index in [0.29, 0.717) is 13.2 Å². The lowest BCUT2D eigenvalue weighted by Crippen LogP contribution is -2.44. The second-order valence-electron chi connectivity index (χ2n) is 2.39. The van der Waals surface area contributed by atoms with Gasteiger partial charge in [-0.1, -0.05) is 0 Å². The van der Waals surface area contributed by atoms with Crippen LogP contribution in [0.15, 0.2) is 0 Å². The van der Waals surface area contributed by atoms with Gasteiger partial charge in [-0.3, -0.25) is 0 Å². The van der Waals surface area contributed by atoms with Crippen molar-refractivity contribution in [3.63, 3.8) is 0 Å². The Morgan fingerprint density at radius 2 is 1.67 bits per heavy atom. The van der Waals surface area contributed by atoms with E-state index in [2.05, 4.69) is 0 Å². The van der Waals surface area contributed by atoms with Crippen LogP contribution in [0.3, 0.4) is 0 Å². The van der Waals surface area contributed by atoms with E-state index < -0.39 is 15.2 Å². The van der Waals surface area contributed by atoms with Gasteiger partial charge in [-0.05, 0) is 20.8 Å². The standard InChI is InChI=1S/C7H17FO3Si/c1-5-9-12(4,10-6-2)11-7(3)8/h7H,5-6H2,1-4H3. The molecule has 0 spiro atoms. The molecule has 0 saturated carbocycles. The average molecular weight is 196 g/mol. The summed E-state index contributed by atoms with van der Waals surface area (Å²) in [5.74, 6) is 0. The van der Waals surface area contributed by atoms with Crippen molar-refractivity contribution < 1.29 is 17.7 Å². The molecule has 0 aromatic carbocycles. The molecule has 1 unspecified atom stereocenters. The van der Waals surface area contributed by atoms with Gasteiger partial charge in [0.25, 0.3) is 0 Å². The first-order valence-electron chi connectivity index (χ1n) is 4.14. The van der Waals surface area contributed by atoms with Gasteiger partial charge >= 0.3 is 8.80 Å². The lowest BCUT2D eigenvalue weighted by Gasteiger charge is -2.25. The van der Waals surface area contributed by atoms with E-state index in [1.165, 1.54) is 6.92 Å². The third kappa shape index (κ3) is 4.81. The Morgan fingerprint density at radius 1 is 1.25 bits per heavy atom. The Kier molecular flexibility index (Phi) is 5.65. The van der Waals surface area contributed by atoms with E-state index in [1.807, 2.05) is 13.8 Å². The molecule has 0 aliphatic heterocycles. The van der Waals surface area contributed by atoms with Crippen molar-refractivity contribution in [2.24, 2.45) is 0 Å². The van der Waals surface area contributed by atoms with Crippen LogP contribution in [-0.4, -0.2) is 28.4 Å². The first kappa shape index (κ1) is 12.0. The maximum absolute atomic E-state index is 12.5. The van der Waals surface area contributed by atoms with Gasteiger partial charge in [-0.15, -0.1) is 0 Å². The molecule has 0 saturated heterocycles. The van der Waals surface area contributed by atoms with Crippen LogP contribution < -0.4 is 0 Å². The molecule has 0 rings (SSSR count). The smallest absolute Gasteiger partial charge is 0.374 e. The molecule has 0 aromatic rings. The Bertz CT molecular complexity index is 115. The minimum Gasteiger partial charge on any atom is -0.374 e. The zero-order valence-electron chi connectivity index (χ0n) is 8.09. The lowest BCUT2D eigenvalue weighted by molar-refractivity contribution is -0.0110. The molecule has 1 atom stereocenters. The predicted octanol–water partition coefficient (Wildman–Crippen LogP) is 1.96. The minimum absolute atomic E-state index is 0.482. The van der Waals surface area contributed by atoms with Crippen molar-refractivity contribution in [3.8, 4) is 0 Å². The van der Waals surface area contributed by atoms with Gasteiger partial charge in [0.1, 0.15) is 0 Å². The Balaban J connectivity index is 3.98. The van der Waals surface area contributed by atoms with Gasteiger partial charge in [0.2, 0.25) is 0 Å². The van der Waals surface area contributed by atoms with Gasteiger partial charge in [-0.25, -0.2) is 4.39 Å². The van der Waals surface area contributed by atoms with Crippen molar-refractivity contribution in [2.45, 2.75) is 33.7 Å². The Labute approximate surface area is 74.2 Å². The first-order chi connectivity index (χ1) is 5.54. The number of rotatable bonds is 6. The number of hydrogen-bond acceptors (Lipinski definition) is 3. The highest BCUT2D eigenvalue weighted by Gasteiger charge is 2.35. The Hall–Kier alpha value is 0.0269. The molecule has 5 heteroatoms. The lowest BCUT2D eigenvalue weighted by atomic mass is 10.8. The van der Waals surface area contributed by atoms with Crippen molar-refractivity contribution in [1.82, 2.24) is 0 Å². The van der Waals surface area contributed by atoms with E-state index >= 15 is 0 Å². The summed E-state index contributed by atoms with van der Waals surface area (Å²) in [5, 5.41) is 0. The highest BCUT2D eigenvalue weighted by atomic mass is 28.4. The molecular formula is C7H17FO3Si. The fourth-order valence-electron chi connectivity index (χ4n) is 0.929. The number of alkyl halides is 1. The highest BCUT2D eigenvalue weighted by molar-refractivity contribution is 6.59. The van der Waals surface area contributed by atoms with Crippen LogP contribution in [-0.2, 0) is 13.3 Å². The molecule has 0 amide bonds. The van der Waals surface area contributed by atoms with Crippen LogP contribution in [0.5, 0.6) is 0 Å². The van der Waals surface area contributed by atoms with E-state index in [1.54, 1.807) is 6.55 Å². The fraction of sp³-hybridized carbons (Fsp3) is 1.00. The first-order valence-corrected chi connectivity index (χ1v) is 6.36. The predicted molar refractivity (Wildman–Crippen MR) is 46.5 cm³/mol. The summed E-state index contributed by atoms with van der Waals surface area (Å²) in [6.45, 7) is 7.64. The summed E-state index contributed by atoms with van der Waals surface area (Å²) >= 11 is 0. The third-order valence-electron chi connectivity index (χ3n) is 1.19. The van der Waals surface area contributed by atoms with E-state index in [9.17, 15) is 4.39 Å². The molecule has 0 aromatic heterocycles. The van der Waals surface area contributed by atoms with Crippen molar-refractivity contribution in [2.75, 3.05) is 13.2 Å². The molecule has 0 bridgehead atoms. The SMILES string of the molecule is CCO[Si](C)(OCC)OC(C)F. The van der Waals surface area contributed by atoms with Crippen LogP contribution in [0, 0.1) is 0 Å². The molecule has 0 aliphatic rings. The molecule has 0 radical (unpaired) electrons. The average Bonchev–Trinajstić information content (AvgIpc) is 1.85. The van der Waals surface area contributed by atoms with Crippen LogP contribution in [0.2, 0.25) is 6.55 Å². The van der Waals surface area contributed by atoms with Gasteiger partial charge < -0.3 is 13.3 Å². The van der Waals surface area contributed by atoms with Crippen molar-refractivity contribution in [1.29, 1.82) is 0 Å². The van der Waals surface area contributed by atoms with Gasteiger partial charge in [0.05, 0.1) is 0 Å². The van der Waals surface area contributed by atoms with E-state index in [0.717, 1.165) is 0 Å². The Morgan fingerprint density at radius 3 is 1.92 bits per heavy atom. The number of halogens is 1. The third-order valence-corrected chi connectivity index (χ3v) is 3.57. The van der Waals surface area contributed by atoms with Gasteiger partial charge in [0.15, 0.2) is 6.36 Å². The fourth-order valence-corrected chi connectivity index (χ4v) is 2.79. The quantitative estimate of drug-likeness (QED) is 0.608. The normalized spacial score (nSPS) is 14.8. The van der Waals surface area contributed by atoms with Crippen molar-refractivity contribution >= 4 is 8.80 Å². The zero-order valence-corrected chi connectivity index (χ0v) is 9.09. The largest absolute Gasteiger partial charge is 0.499 e. The summed E-state index contributed by atoms with van der Waals surface area (Å²) in [7, 11) is -2.69. The molecule has 0 heterocycles. The maximum Gasteiger partial charge on any atom is 0.499 e. The molecule has 74 valence electrons. The molecule has 0 aliphatic carbocycles. The molecule has 3 nitrogen and oxygen atoms in total. The zero-order chi connectivity index (χ0) is 9.61. The second kappa shape index (κ2) is 5.63. The van der Waals surface area contributed by atoms with Crippen LogP contribution >= 0.6 is 0 Å². The molecular weight excluding hydrogens is 179 g/mol. The van der Waals surface area contributed by atoms with Crippen molar-refractivity contribution in [3.05, 3.63) is 0 Å². The topological polar surface area (TPSA) is 27.7 Å². The van der Waals surface area contributed by atoms with Crippen LogP contribution in [0.1, 0.15) is 20.8 Å². The van der Waals surface area contributed by atoms with Gasteiger partial charge in [-0.2, -0.15) is 0 Å². The highest BCUT2D eigenvalue weighted by Crippen LogP contribution is 2.12. The van der Waals surface area contributed by atoms with E-state index in [-0.39, 0.29) is 0 Å². The maximum atomic E-state index is 12.5. The summed E-state index contributed by atoms with van der Waals surface area (Å²) in [6.07, 6.45) is -1.33.